The summed E-state index contributed by atoms with van der Waals surface area (Å²) in [6.07, 6.45) is 1.10. The minimum Gasteiger partial charge on any atom is -0.435 e. The van der Waals surface area contributed by atoms with Crippen LogP contribution in [0.4, 0.5) is 0 Å². The predicted molar refractivity (Wildman–Crippen MR) is 22.0 cm³/mol. The molecule has 7 heavy (non-hydrogen) atoms. The van der Waals surface area contributed by atoms with E-state index in [4.69, 9.17) is 0 Å². The molecule has 0 aromatic carbocycles. The van der Waals surface area contributed by atoms with Crippen LogP contribution in [-0.2, 0) is 31.9 Å². The van der Waals surface area contributed by atoms with Crippen molar-refractivity contribution < 1.29 is 31.9 Å². The summed E-state index contributed by atoms with van der Waals surface area (Å²) in [5.41, 5.74) is 0. The van der Waals surface area contributed by atoms with Gasteiger partial charge in [-0.15, -0.1) is 0 Å². The van der Waals surface area contributed by atoms with Crippen molar-refractivity contribution in [2.75, 3.05) is 0 Å². The molecule has 0 bridgehead atoms. The maximum Gasteiger partial charge on any atom is 0.307 e. The maximum absolute atomic E-state index is 9.75. The second-order valence-electron chi connectivity index (χ2n) is 0.776. The quantitative estimate of drug-likeness (QED) is 0.402. The molecular formula is C4H6AuO2. The Hall–Kier alpha value is -0.0497. The first-order chi connectivity index (χ1) is 2.77. The van der Waals surface area contributed by atoms with Crippen LogP contribution in [0.15, 0.2) is 12.8 Å². The molecule has 45 valence electrons. The molecular weight excluding hydrogens is 277 g/mol. The second kappa shape index (κ2) is 5.95. The van der Waals surface area contributed by atoms with Gasteiger partial charge in [-0.25, -0.2) is 0 Å². The molecule has 2 nitrogen and oxygen atoms in total. The van der Waals surface area contributed by atoms with Crippen molar-refractivity contribution in [3.8, 4) is 0 Å². The summed E-state index contributed by atoms with van der Waals surface area (Å²) < 4.78 is 4.17. The summed E-state index contributed by atoms with van der Waals surface area (Å²) >= 11 is 0. The van der Waals surface area contributed by atoms with Gasteiger partial charge in [-0.05, 0) is 0 Å². The third-order valence-electron chi connectivity index (χ3n) is 0.249. The van der Waals surface area contributed by atoms with E-state index in [-0.39, 0.29) is 28.3 Å². The topological polar surface area (TPSA) is 26.3 Å². The van der Waals surface area contributed by atoms with Gasteiger partial charge in [0.15, 0.2) is 0 Å². The van der Waals surface area contributed by atoms with E-state index in [1.807, 2.05) is 0 Å². The average Bonchev–Trinajstić information content (AvgIpc) is 1.35. The number of hydrogen-bond donors (Lipinski definition) is 0. The Morgan fingerprint density at radius 1 is 1.86 bits per heavy atom. The van der Waals surface area contributed by atoms with Crippen LogP contribution in [0.25, 0.3) is 0 Å². The molecule has 1 radical (unpaired) electrons. The summed E-state index contributed by atoms with van der Waals surface area (Å²) in [6, 6.07) is 0. The van der Waals surface area contributed by atoms with Gasteiger partial charge in [-0.3, -0.25) is 4.79 Å². The first-order valence-corrected chi connectivity index (χ1v) is 1.55. The molecule has 0 N–H and O–H groups in total. The summed E-state index contributed by atoms with van der Waals surface area (Å²) in [5.74, 6) is -0.329. The zero-order valence-electron chi connectivity index (χ0n) is 3.90. The maximum atomic E-state index is 9.75. The molecule has 0 fully saturated rings. The van der Waals surface area contributed by atoms with Crippen molar-refractivity contribution in [3.05, 3.63) is 12.8 Å². The van der Waals surface area contributed by atoms with E-state index in [1.54, 1.807) is 0 Å². The van der Waals surface area contributed by atoms with E-state index in [0.717, 1.165) is 6.26 Å². The third-order valence-corrected chi connectivity index (χ3v) is 0.249. The van der Waals surface area contributed by atoms with Gasteiger partial charge in [0, 0.05) is 29.3 Å². The molecule has 0 amide bonds. The zero-order valence-corrected chi connectivity index (χ0v) is 6.07. The van der Waals surface area contributed by atoms with Gasteiger partial charge in [0.25, 0.3) is 0 Å². The predicted octanol–water partition coefficient (Wildman–Crippen LogP) is 0.690. The van der Waals surface area contributed by atoms with E-state index in [0.29, 0.717) is 0 Å². The van der Waals surface area contributed by atoms with Crippen molar-refractivity contribution in [3.63, 3.8) is 0 Å². The molecule has 0 aliphatic heterocycles. The van der Waals surface area contributed by atoms with Crippen LogP contribution >= 0.6 is 0 Å². The normalized spacial score (nSPS) is 5.86. The van der Waals surface area contributed by atoms with Crippen LogP contribution in [0.3, 0.4) is 0 Å². The van der Waals surface area contributed by atoms with Crippen LogP contribution in [-0.4, -0.2) is 5.97 Å². The van der Waals surface area contributed by atoms with Crippen LogP contribution in [0.1, 0.15) is 6.92 Å². The Labute approximate surface area is 58.1 Å². The Morgan fingerprint density at radius 3 is 2.29 bits per heavy atom. The fraction of sp³-hybridized carbons (Fsp3) is 0.250. The molecule has 3 heteroatoms. The molecule has 0 heterocycles. The molecule has 0 aromatic rings. The van der Waals surface area contributed by atoms with Crippen molar-refractivity contribution in [1.29, 1.82) is 0 Å². The van der Waals surface area contributed by atoms with Crippen molar-refractivity contribution in [2.45, 2.75) is 6.92 Å². The Morgan fingerprint density at radius 2 is 2.29 bits per heavy atom. The number of rotatable bonds is 1. The molecule has 0 rings (SSSR count). The summed E-state index contributed by atoms with van der Waals surface area (Å²) in [5, 5.41) is 0. The molecule has 0 saturated carbocycles. The van der Waals surface area contributed by atoms with E-state index < -0.39 is 0 Å². The molecule has 0 saturated heterocycles. The van der Waals surface area contributed by atoms with E-state index >= 15 is 0 Å². The standard InChI is InChI=1S/C4H6O2.Au/c1-3-6-4(2)5;/h3H,1H2,2H3;. The Kier molecular flexibility index (Phi) is 8.54. The van der Waals surface area contributed by atoms with Crippen LogP contribution in [0, 0.1) is 0 Å². The number of ether oxygens (including phenoxy) is 1. The van der Waals surface area contributed by atoms with E-state index in [9.17, 15) is 4.79 Å². The van der Waals surface area contributed by atoms with Gasteiger partial charge < -0.3 is 4.74 Å². The molecule has 0 aliphatic rings. The van der Waals surface area contributed by atoms with Crippen LogP contribution < -0.4 is 0 Å². The van der Waals surface area contributed by atoms with Crippen molar-refractivity contribution >= 4 is 5.97 Å². The van der Waals surface area contributed by atoms with E-state index in [1.165, 1.54) is 6.92 Å². The second-order valence-corrected chi connectivity index (χ2v) is 0.776. The number of carbonyl (C=O) groups excluding carboxylic acids is 1. The molecule has 0 aliphatic carbocycles. The van der Waals surface area contributed by atoms with Crippen molar-refractivity contribution in [1.82, 2.24) is 0 Å². The van der Waals surface area contributed by atoms with E-state index in [2.05, 4.69) is 11.3 Å². The van der Waals surface area contributed by atoms with Gasteiger partial charge in [-0.1, -0.05) is 6.58 Å². The third kappa shape index (κ3) is 10.7. The van der Waals surface area contributed by atoms with Gasteiger partial charge in [0.1, 0.15) is 0 Å². The Balaban J connectivity index is 0. The van der Waals surface area contributed by atoms with Crippen molar-refractivity contribution in [2.24, 2.45) is 0 Å². The molecule has 0 atom stereocenters. The van der Waals surface area contributed by atoms with Gasteiger partial charge in [0.05, 0.1) is 6.26 Å². The SMILES string of the molecule is C=COC(C)=O.[Au]. The number of esters is 1. The van der Waals surface area contributed by atoms with Gasteiger partial charge in [-0.2, -0.15) is 0 Å². The molecule has 0 spiro atoms. The Bertz CT molecular complexity index is 70.1. The minimum atomic E-state index is -0.329. The largest absolute Gasteiger partial charge is 0.435 e. The number of hydrogen-bond acceptors (Lipinski definition) is 2. The summed E-state index contributed by atoms with van der Waals surface area (Å²) in [6.45, 7) is 4.48. The van der Waals surface area contributed by atoms with Gasteiger partial charge in [0.2, 0.25) is 0 Å². The minimum absolute atomic E-state index is 0. The summed E-state index contributed by atoms with van der Waals surface area (Å²) in [7, 11) is 0. The fourth-order valence-electron chi connectivity index (χ4n) is 0.117. The molecule has 0 unspecified atom stereocenters. The van der Waals surface area contributed by atoms with Crippen LogP contribution in [0.5, 0.6) is 0 Å². The zero-order chi connectivity index (χ0) is 4.99. The number of carbonyl (C=O) groups is 1. The smallest absolute Gasteiger partial charge is 0.307 e. The first-order valence-electron chi connectivity index (χ1n) is 1.55. The van der Waals surface area contributed by atoms with Gasteiger partial charge >= 0.3 is 5.97 Å². The van der Waals surface area contributed by atoms with Crippen LogP contribution in [0.2, 0.25) is 0 Å². The molecule has 0 aromatic heterocycles. The summed E-state index contributed by atoms with van der Waals surface area (Å²) in [4.78, 5) is 9.75. The fourth-order valence-corrected chi connectivity index (χ4v) is 0.117. The monoisotopic (exact) mass is 283 g/mol. The first kappa shape index (κ1) is 10.0. The average molecular weight is 283 g/mol.